The van der Waals surface area contributed by atoms with Gasteiger partial charge in [-0.15, -0.1) is 0 Å². The number of ether oxygens (including phenoxy) is 1. The first-order chi connectivity index (χ1) is 11.6. The van der Waals surface area contributed by atoms with E-state index >= 15 is 0 Å². The Bertz CT molecular complexity index is 761. The zero-order valence-electron chi connectivity index (χ0n) is 14.3. The number of aryl methyl sites for hydroxylation is 2. The number of anilines is 1. The first-order valence-corrected chi connectivity index (χ1v) is 8.01. The molecule has 0 saturated heterocycles. The van der Waals surface area contributed by atoms with E-state index in [-0.39, 0.29) is 6.03 Å². The van der Waals surface area contributed by atoms with E-state index in [0.29, 0.717) is 25.5 Å². The van der Waals surface area contributed by atoms with Crippen LogP contribution in [0.5, 0.6) is 0 Å². The van der Waals surface area contributed by atoms with Gasteiger partial charge < -0.3 is 9.64 Å². The number of amides is 2. The first kappa shape index (κ1) is 16.4. The number of benzene rings is 1. The third-order valence-electron chi connectivity index (χ3n) is 4.24. The highest BCUT2D eigenvalue weighted by Gasteiger charge is 2.22. The Kier molecular flexibility index (Phi) is 4.76. The van der Waals surface area contributed by atoms with Gasteiger partial charge in [-0.05, 0) is 37.0 Å². The molecule has 2 aromatic rings. The van der Waals surface area contributed by atoms with Gasteiger partial charge in [0.15, 0.2) is 0 Å². The first-order valence-electron chi connectivity index (χ1n) is 8.01. The van der Waals surface area contributed by atoms with Crippen LogP contribution in [-0.2, 0) is 24.3 Å². The van der Waals surface area contributed by atoms with Crippen LogP contribution in [0.25, 0.3) is 0 Å². The largest absolute Gasteiger partial charge is 0.378 e. The van der Waals surface area contributed by atoms with E-state index in [9.17, 15) is 4.79 Å². The summed E-state index contributed by atoms with van der Waals surface area (Å²) in [7, 11) is 1.61. The molecule has 3 rings (SSSR count). The van der Waals surface area contributed by atoms with Gasteiger partial charge in [0.1, 0.15) is 12.1 Å². The highest BCUT2D eigenvalue weighted by Crippen LogP contribution is 2.24. The van der Waals surface area contributed by atoms with Crippen LogP contribution in [0.4, 0.5) is 10.6 Å². The molecule has 2 amide bonds. The van der Waals surface area contributed by atoms with Crippen molar-refractivity contribution in [3.05, 3.63) is 52.5 Å². The number of rotatable bonds is 3. The summed E-state index contributed by atoms with van der Waals surface area (Å²) < 4.78 is 5.05. The molecule has 24 heavy (non-hydrogen) atoms. The average molecular weight is 326 g/mol. The lowest BCUT2D eigenvalue weighted by molar-refractivity contribution is 0.181. The lowest BCUT2D eigenvalue weighted by atomic mass is 9.93. The van der Waals surface area contributed by atoms with Crippen molar-refractivity contribution in [1.82, 2.24) is 14.9 Å². The molecule has 1 aromatic heterocycles. The maximum Gasteiger partial charge on any atom is 0.323 e. The number of methoxy groups -OCH3 is 1. The van der Waals surface area contributed by atoms with Crippen molar-refractivity contribution in [3.8, 4) is 0 Å². The van der Waals surface area contributed by atoms with E-state index in [1.54, 1.807) is 13.2 Å². The number of hydrogen-bond donors (Lipinski definition) is 1. The van der Waals surface area contributed by atoms with Gasteiger partial charge >= 0.3 is 6.03 Å². The Morgan fingerprint density at radius 1 is 1.29 bits per heavy atom. The van der Waals surface area contributed by atoms with Crippen molar-refractivity contribution in [2.45, 2.75) is 33.4 Å². The molecular weight excluding hydrogens is 304 g/mol. The van der Waals surface area contributed by atoms with Crippen LogP contribution in [0.3, 0.4) is 0 Å². The molecule has 0 radical (unpaired) electrons. The number of nitrogens with one attached hydrogen (secondary N) is 1. The van der Waals surface area contributed by atoms with Gasteiger partial charge in [0.25, 0.3) is 0 Å². The highest BCUT2D eigenvalue weighted by molar-refractivity contribution is 5.88. The summed E-state index contributed by atoms with van der Waals surface area (Å²) in [5, 5.41) is 2.85. The smallest absolute Gasteiger partial charge is 0.323 e. The molecule has 2 heterocycles. The molecule has 0 atom stereocenters. The van der Waals surface area contributed by atoms with E-state index in [1.165, 1.54) is 28.6 Å². The summed E-state index contributed by atoms with van der Waals surface area (Å²) in [6.07, 6.45) is 2.32. The Balaban J connectivity index is 1.71. The molecular formula is C18H22N4O2. The number of hydrogen-bond acceptors (Lipinski definition) is 4. The molecule has 6 heteroatoms. The quantitative estimate of drug-likeness (QED) is 0.942. The van der Waals surface area contributed by atoms with Crippen LogP contribution in [0, 0.1) is 13.8 Å². The predicted octanol–water partition coefficient (Wildman–Crippen LogP) is 2.83. The van der Waals surface area contributed by atoms with Crippen molar-refractivity contribution in [3.63, 3.8) is 0 Å². The molecule has 1 aliphatic heterocycles. The minimum Gasteiger partial charge on any atom is -0.378 e. The van der Waals surface area contributed by atoms with Gasteiger partial charge in [-0.25, -0.2) is 14.8 Å². The number of carbonyl (C=O) groups excluding carboxylic acids is 1. The van der Waals surface area contributed by atoms with Crippen molar-refractivity contribution in [2.24, 2.45) is 0 Å². The van der Waals surface area contributed by atoms with Crippen LogP contribution in [0.1, 0.15) is 27.9 Å². The molecule has 0 bridgehead atoms. The molecule has 126 valence electrons. The zero-order chi connectivity index (χ0) is 17.1. The van der Waals surface area contributed by atoms with E-state index in [1.807, 2.05) is 4.90 Å². The van der Waals surface area contributed by atoms with Crippen LogP contribution < -0.4 is 5.32 Å². The minimum absolute atomic E-state index is 0.137. The van der Waals surface area contributed by atoms with Gasteiger partial charge in [-0.1, -0.05) is 17.7 Å². The third-order valence-corrected chi connectivity index (χ3v) is 4.24. The lowest BCUT2D eigenvalue weighted by Gasteiger charge is -2.30. The second-order valence-electron chi connectivity index (χ2n) is 6.15. The lowest BCUT2D eigenvalue weighted by Crippen LogP contribution is -2.39. The Morgan fingerprint density at radius 2 is 2.12 bits per heavy atom. The average Bonchev–Trinajstić information content (AvgIpc) is 2.54. The third kappa shape index (κ3) is 3.54. The summed E-state index contributed by atoms with van der Waals surface area (Å²) in [5.74, 6) is 0.494. The van der Waals surface area contributed by atoms with Gasteiger partial charge in [-0.3, -0.25) is 5.32 Å². The fraction of sp³-hybridized carbons (Fsp3) is 0.389. The molecule has 6 nitrogen and oxygen atoms in total. The molecule has 1 N–H and O–H groups in total. The van der Waals surface area contributed by atoms with Gasteiger partial charge in [0.05, 0.1) is 12.3 Å². The minimum atomic E-state index is -0.137. The summed E-state index contributed by atoms with van der Waals surface area (Å²) in [6, 6.07) is 5.96. The summed E-state index contributed by atoms with van der Waals surface area (Å²) in [6.45, 7) is 5.95. The number of nitrogens with zero attached hydrogens (tertiary/aromatic N) is 3. The maximum absolute atomic E-state index is 12.5. The Morgan fingerprint density at radius 3 is 2.92 bits per heavy atom. The van der Waals surface area contributed by atoms with E-state index in [0.717, 1.165) is 12.1 Å². The monoisotopic (exact) mass is 326 g/mol. The summed E-state index contributed by atoms with van der Waals surface area (Å²) >= 11 is 0. The molecule has 0 aliphatic carbocycles. The SMILES string of the molecule is COCc1cc(NC(=O)N2CCc3c(C)cc(C)cc3C2)ncn1. The highest BCUT2D eigenvalue weighted by atomic mass is 16.5. The molecule has 0 fully saturated rings. The second kappa shape index (κ2) is 6.97. The number of carbonyl (C=O) groups is 1. The van der Waals surface area contributed by atoms with Gasteiger partial charge in [0.2, 0.25) is 0 Å². The second-order valence-corrected chi connectivity index (χ2v) is 6.15. The summed E-state index contributed by atoms with van der Waals surface area (Å²) in [4.78, 5) is 22.6. The van der Waals surface area contributed by atoms with Crippen molar-refractivity contribution in [1.29, 1.82) is 0 Å². The van der Waals surface area contributed by atoms with Crippen LogP contribution in [0.2, 0.25) is 0 Å². The van der Waals surface area contributed by atoms with Crippen LogP contribution >= 0.6 is 0 Å². The normalized spacial score (nSPS) is 13.5. The van der Waals surface area contributed by atoms with E-state index in [4.69, 9.17) is 4.74 Å². The fourth-order valence-electron chi connectivity index (χ4n) is 3.17. The number of urea groups is 1. The molecule has 0 unspecified atom stereocenters. The fourth-order valence-corrected chi connectivity index (χ4v) is 3.17. The van der Waals surface area contributed by atoms with E-state index in [2.05, 4.69) is 41.3 Å². The standard InChI is InChI=1S/C18H22N4O2/c1-12-6-13(2)16-4-5-22(9-14(16)7-12)18(23)21-17-8-15(10-24-3)19-11-20-17/h6-8,11H,4-5,9-10H2,1-3H3,(H,19,20,21,23). The van der Waals surface area contributed by atoms with Crippen molar-refractivity contribution >= 4 is 11.8 Å². The van der Waals surface area contributed by atoms with E-state index < -0.39 is 0 Å². The molecule has 1 aliphatic rings. The Hall–Kier alpha value is -2.47. The molecule has 0 saturated carbocycles. The van der Waals surface area contributed by atoms with Crippen molar-refractivity contribution in [2.75, 3.05) is 19.0 Å². The number of aromatic nitrogens is 2. The molecule has 1 aromatic carbocycles. The van der Waals surface area contributed by atoms with Gasteiger partial charge in [0, 0.05) is 26.3 Å². The Labute approximate surface area is 141 Å². The zero-order valence-corrected chi connectivity index (χ0v) is 14.3. The number of fused-ring (bicyclic) bond motifs is 1. The molecule has 0 spiro atoms. The predicted molar refractivity (Wildman–Crippen MR) is 91.8 cm³/mol. The topological polar surface area (TPSA) is 67.3 Å². The summed E-state index contributed by atoms with van der Waals surface area (Å²) in [5.41, 5.74) is 5.88. The van der Waals surface area contributed by atoms with Crippen LogP contribution in [0.15, 0.2) is 24.5 Å². The van der Waals surface area contributed by atoms with Crippen molar-refractivity contribution < 1.29 is 9.53 Å². The van der Waals surface area contributed by atoms with Gasteiger partial charge in [-0.2, -0.15) is 0 Å². The maximum atomic E-state index is 12.5. The van der Waals surface area contributed by atoms with Crippen LogP contribution in [-0.4, -0.2) is 34.6 Å².